The third-order valence-corrected chi connectivity index (χ3v) is 4.82. The second-order valence-electron chi connectivity index (χ2n) is 7.17. The fourth-order valence-corrected chi connectivity index (χ4v) is 3.33. The lowest BCUT2D eigenvalue weighted by atomic mass is 10.1. The van der Waals surface area contributed by atoms with Gasteiger partial charge in [0.15, 0.2) is 0 Å². The Kier molecular flexibility index (Phi) is 5.85. The van der Waals surface area contributed by atoms with Crippen molar-refractivity contribution in [2.75, 3.05) is 11.5 Å². The predicted molar refractivity (Wildman–Crippen MR) is 120 cm³/mol. The van der Waals surface area contributed by atoms with Gasteiger partial charge < -0.3 is 9.64 Å². The number of aromatic amines is 1. The number of amides is 1. The summed E-state index contributed by atoms with van der Waals surface area (Å²) in [6, 6.07) is 13.7. The molecule has 11 nitrogen and oxygen atoms in total. The van der Waals surface area contributed by atoms with Gasteiger partial charge in [-0.25, -0.2) is 4.98 Å². The van der Waals surface area contributed by atoms with Gasteiger partial charge in [-0.15, -0.1) is 0 Å². The summed E-state index contributed by atoms with van der Waals surface area (Å²) in [5, 5.41) is 14.0. The molecule has 2 aromatic carbocycles. The van der Waals surface area contributed by atoms with E-state index in [2.05, 4.69) is 15.1 Å². The van der Waals surface area contributed by atoms with Crippen LogP contribution in [0.5, 0.6) is 5.75 Å². The van der Waals surface area contributed by atoms with Gasteiger partial charge in [-0.1, -0.05) is 6.07 Å². The molecule has 0 saturated carbocycles. The number of rotatable bonds is 7. The van der Waals surface area contributed by atoms with Crippen LogP contribution in [0.4, 0.5) is 11.4 Å². The highest BCUT2D eigenvalue weighted by Crippen LogP contribution is 2.24. The average Bonchev–Trinajstić information content (AvgIpc) is 3.21. The topological polar surface area (TPSA) is 136 Å². The van der Waals surface area contributed by atoms with Gasteiger partial charge in [-0.05, 0) is 44.2 Å². The largest absolute Gasteiger partial charge is 0.494 e. The number of hydrogen-bond donors (Lipinski definition) is 1. The Morgan fingerprint density at radius 3 is 2.64 bits per heavy atom. The van der Waals surface area contributed by atoms with E-state index in [0.29, 0.717) is 29.6 Å². The number of fused-ring (bicyclic) bond motifs is 1. The van der Waals surface area contributed by atoms with Crippen LogP contribution >= 0.6 is 0 Å². The highest BCUT2D eigenvalue weighted by atomic mass is 16.6. The van der Waals surface area contributed by atoms with Crippen molar-refractivity contribution in [3.8, 4) is 5.75 Å². The van der Waals surface area contributed by atoms with Crippen LogP contribution in [0.15, 0.2) is 59.4 Å². The summed E-state index contributed by atoms with van der Waals surface area (Å²) in [5.74, 6) is 0.668. The first kappa shape index (κ1) is 21.7. The zero-order valence-electron chi connectivity index (χ0n) is 17.9. The van der Waals surface area contributed by atoms with E-state index < -0.39 is 10.8 Å². The molecule has 168 valence electrons. The van der Waals surface area contributed by atoms with E-state index in [0.717, 1.165) is 0 Å². The first-order valence-electron chi connectivity index (χ1n) is 10.1. The molecule has 0 atom stereocenters. The SMILES string of the molecule is CCOc1ccc(N(Cc2nc3nc(C)cc(=O)n3[nH]2)C(=O)c2cccc([N+](=O)[O-])c2)cc1. The molecule has 11 heteroatoms. The summed E-state index contributed by atoms with van der Waals surface area (Å²) >= 11 is 0. The number of aromatic nitrogens is 4. The number of anilines is 1. The average molecular weight is 448 g/mol. The lowest BCUT2D eigenvalue weighted by Gasteiger charge is -2.22. The van der Waals surface area contributed by atoms with Gasteiger partial charge in [0.1, 0.15) is 11.6 Å². The normalized spacial score (nSPS) is 10.8. The molecular formula is C22H20N6O5. The Morgan fingerprint density at radius 2 is 1.94 bits per heavy atom. The minimum Gasteiger partial charge on any atom is -0.494 e. The van der Waals surface area contributed by atoms with Crippen molar-refractivity contribution in [1.82, 2.24) is 19.6 Å². The maximum atomic E-state index is 13.4. The summed E-state index contributed by atoms with van der Waals surface area (Å²) in [5.41, 5.74) is 0.665. The van der Waals surface area contributed by atoms with Crippen LogP contribution in [0.2, 0.25) is 0 Å². The molecule has 0 radical (unpaired) electrons. The second kappa shape index (κ2) is 8.91. The molecule has 0 saturated heterocycles. The Morgan fingerprint density at radius 1 is 1.18 bits per heavy atom. The fourth-order valence-electron chi connectivity index (χ4n) is 3.33. The highest BCUT2D eigenvalue weighted by molar-refractivity contribution is 6.06. The molecule has 0 aliphatic rings. The Balaban J connectivity index is 1.75. The van der Waals surface area contributed by atoms with E-state index in [4.69, 9.17) is 4.74 Å². The highest BCUT2D eigenvalue weighted by Gasteiger charge is 2.22. The van der Waals surface area contributed by atoms with Gasteiger partial charge in [0, 0.05) is 35.1 Å². The predicted octanol–water partition coefficient (Wildman–Crippen LogP) is 2.88. The number of ether oxygens (including phenoxy) is 1. The molecule has 0 spiro atoms. The maximum Gasteiger partial charge on any atom is 0.274 e. The van der Waals surface area contributed by atoms with E-state index in [1.54, 1.807) is 31.2 Å². The van der Waals surface area contributed by atoms with Gasteiger partial charge in [-0.3, -0.25) is 24.8 Å². The number of nitrogens with one attached hydrogen (secondary N) is 1. The zero-order chi connectivity index (χ0) is 23.5. The van der Waals surface area contributed by atoms with Crippen LogP contribution in [0.1, 0.15) is 28.8 Å². The molecule has 4 rings (SSSR count). The Bertz CT molecular complexity index is 1390. The number of hydrogen-bond acceptors (Lipinski definition) is 7. The van der Waals surface area contributed by atoms with E-state index in [-0.39, 0.29) is 29.1 Å². The summed E-state index contributed by atoms with van der Waals surface area (Å²) in [4.78, 5) is 46.2. The molecule has 2 aromatic heterocycles. The number of nitro groups is 1. The second-order valence-corrected chi connectivity index (χ2v) is 7.17. The van der Waals surface area contributed by atoms with Gasteiger partial charge in [0.2, 0.25) is 0 Å². The lowest BCUT2D eigenvalue weighted by Crippen LogP contribution is -2.31. The van der Waals surface area contributed by atoms with Crippen molar-refractivity contribution in [3.05, 3.63) is 92.1 Å². The number of nitro benzene ring substituents is 1. The van der Waals surface area contributed by atoms with Gasteiger partial charge in [-0.2, -0.15) is 9.50 Å². The number of carbonyl (C=O) groups is 1. The van der Waals surface area contributed by atoms with Gasteiger partial charge >= 0.3 is 0 Å². The monoisotopic (exact) mass is 448 g/mol. The molecule has 2 heterocycles. The number of H-pyrrole nitrogens is 1. The smallest absolute Gasteiger partial charge is 0.274 e. The Hall–Kier alpha value is -4.54. The van der Waals surface area contributed by atoms with Crippen LogP contribution in [0.3, 0.4) is 0 Å². The van der Waals surface area contributed by atoms with Gasteiger partial charge in [0.05, 0.1) is 18.1 Å². The van der Waals surface area contributed by atoms with Crippen molar-refractivity contribution in [2.45, 2.75) is 20.4 Å². The minimum atomic E-state index is -0.558. The lowest BCUT2D eigenvalue weighted by molar-refractivity contribution is -0.384. The molecule has 0 aliphatic heterocycles. The summed E-state index contributed by atoms with van der Waals surface area (Å²) in [6.45, 7) is 4.02. The van der Waals surface area contributed by atoms with Crippen molar-refractivity contribution >= 4 is 23.1 Å². The number of aryl methyl sites for hydroxylation is 1. The number of benzene rings is 2. The summed E-state index contributed by atoms with van der Waals surface area (Å²) in [7, 11) is 0. The number of non-ortho nitro benzene ring substituents is 1. The third kappa shape index (κ3) is 4.56. The summed E-state index contributed by atoms with van der Waals surface area (Å²) < 4.78 is 6.66. The molecule has 4 aromatic rings. The molecule has 0 unspecified atom stereocenters. The molecular weight excluding hydrogens is 428 g/mol. The van der Waals surface area contributed by atoms with E-state index in [9.17, 15) is 19.7 Å². The molecule has 0 aliphatic carbocycles. The van der Waals surface area contributed by atoms with Gasteiger partial charge in [0.25, 0.3) is 22.9 Å². The van der Waals surface area contributed by atoms with Crippen molar-refractivity contribution in [3.63, 3.8) is 0 Å². The Labute approximate surface area is 187 Å². The van der Waals surface area contributed by atoms with Crippen molar-refractivity contribution in [1.29, 1.82) is 0 Å². The number of nitrogens with zero attached hydrogens (tertiary/aromatic N) is 5. The van der Waals surface area contributed by atoms with Crippen molar-refractivity contribution in [2.24, 2.45) is 0 Å². The van der Waals surface area contributed by atoms with Crippen LogP contribution in [-0.2, 0) is 6.54 Å². The quantitative estimate of drug-likeness (QED) is 0.339. The first-order valence-corrected chi connectivity index (χ1v) is 10.1. The molecule has 1 N–H and O–H groups in total. The third-order valence-electron chi connectivity index (χ3n) is 4.82. The number of carbonyl (C=O) groups excluding carboxylic acids is 1. The van der Waals surface area contributed by atoms with Crippen LogP contribution < -0.4 is 15.2 Å². The van der Waals surface area contributed by atoms with E-state index in [1.807, 2.05) is 6.92 Å². The zero-order valence-corrected chi connectivity index (χ0v) is 17.9. The maximum absolute atomic E-state index is 13.4. The first-order chi connectivity index (χ1) is 15.9. The molecule has 0 bridgehead atoms. The van der Waals surface area contributed by atoms with Crippen LogP contribution in [0.25, 0.3) is 5.78 Å². The van der Waals surface area contributed by atoms with E-state index >= 15 is 0 Å². The molecule has 1 amide bonds. The standard InChI is InChI=1S/C22H20N6O5/c1-3-33-18-9-7-16(8-10-18)26(21(30)15-5-4-6-17(12-15)28(31)32)13-19-24-22-23-14(2)11-20(29)27(22)25-19/h4-12H,3,13H2,1-2H3,(H,23,24,25). The van der Waals surface area contributed by atoms with Crippen LogP contribution in [0, 0.1) is 17.0 Å². The fraction of sp³-hybridized carbons (Fsp3) is 0.182. The minimum absolute atomic E-state index is 0.0304. The summed E-state index contributed by atoms with van der Waals surface area (Å²) in [6.07, 6.45) is 0. The molecule has 0 fully saturated rings. The van der Waals surface area contributed by atoms with E-state index in [1.165, 1.54) is 39.7 Å². The van der Waals surface area contributed by atoms with Crippen molar-refractivity contribution < 1.29 is 14.5 Å². The van der Waals surface area contributed by atoms with Crippen LogP contribution in [-0.4, -0.2) is 37.0 Å². The molecule has 33 heavy (non-hydrogen) atoms.